The highest BCUT2D eigenvalue weighted by molar-refractivity contribution is 7.86. The summed E-state index contributed by atoms with van der Waals surface area (Å²) >= 11 is 11.8. The number of ether oxygens (including phenoxy) is 2. The molecule has 0 aliphatic rings. The van der Waals surface area contributed by atoms with Crippen molar-refractivity contribution in [2.45, 2.75) is 9.79 Å². The average Bonchev–Trinajstić information content (AvgIpc) is 2.52. The van der Waals surface area contributed by atoms with Crippen LogP contribution in [0.15, 0.2) is 34.1 Å². The van der Waals surface area contributed by atoms with Crippen LogP contribution >= 0.6 is 23.2 Å². The van der Waals surface area contributed by atoms with Gasteiger partial charge in [-0.1, -0.05) is 23.2 Å². The van der Waals surface area contributed by atoms with Crippen molar-refractivity contribution >= 4 is 43.4 Å². The van der Waals surface area contributed by atoms with Crippen LogP contribution in [0.3, 0.4) is 0 Å². The number of benzene rings is 2. The molecule has 0 unspecified atom stereocenters. The van der Waals surface area contributed by atoms with E-state index in [9.17, 15) is 25.9 Å². The molecule has 142 valence electrons. The molecule has 0 saturated carbocycles. The van der Waals surface area contributed by atoms with E-state index in [1.54, 1.807) is 0 Å². The molecular formula is C14H12Cl2O8S2. The van der Waals surface area contributed by atoms with Crippen LogP contribution in [-0.4, -0.2) is 40.2 Å². The average molecular weight is 443 g/mol. The molecule has 2 N–H and O–H groups in total. The normalized spacial score (nSPS) is 12.1. The Bertz CT molecular complexity index is 991. The topological polar surface area (TPSA) is 127 Å². The van der Waals surface area contributed by atoms with Gasteiger partial charge in [-0.25, -0.2) is 0 Å². The summed E-state index contributed by atoms with van der Waals surface area (Å²) in [6.07, 6.45) is 0. The zero-order valence-electron chi connectivity index (χ0n) is 13.2. The predicted molar refractivity (Wildman–Crippen MR) is 94.6 cm³/mol. The molecule has 0 aliphatic carbocycles. The lowest BCUT2D eigenvalue weighted by atomic mass is 10.0. The Hall–Kier alpha value is -1.56. The second-order valence-electron chi connectivity index (χ2n) is 4.92. The maximum absolute atomic E-state index is 11.7. The fraction of sp³-hybridized carbons (Fsp3) is 0.143. The van der Waals surface area contributed by atoms with E-state index in [-0.39, 0.29) is 32.7 Å². The van der Waals surface area contributed by atoms with Crippen molar-refractivity contribution in [3.8, 4) is 22.6 Å². The van der Waals surface area contributed by atoms with Gasteiger partial charge in [0.2, 0.25) is 0 Å². The van der Waals surface area contributed by atoms with E-state index in [2.05, 4.69) is 0 Å². The molecule has 0 saturated heterocycles. The quantitative estimate of drug-likeness (QED) is 0.675. The molecule has 0 bridgehead atoms. The van der Waals surface area contributed by atoms with Crippen LogP contribution in [0.1, 0.15) is 0 Å². The molecule has 2 rings (SSSR count). The standard InChI is InChI=1S/C14H12Cl2O8S2/c1-23-11-3-7(13(5-9(11)15)25(17,18)19)8-4-12(24-2)10(16)6-14(8)26(20,21)22/h3-6H,1-2H3,(H,17,18,19)(H,20,21,22). The van der Waals surface area contributed by atoms with Crippen molar-refractivity contribution in [1.82, 2.24) is 0 Å². The summed E-state index contributed by atoms with van der Waals surface area (Å²) in [4.78, 5) is -1.39. The maximum Gasteiger partial charge on any atom is 0.295 e. The van der Waals surface area contributed by atoms with E-state index in [4.69, 9.17) is 32.7 Å². The molecule has 0 fully saturated rings. The molecule has 0 aliphatic heterocycles. The van der Waals surface area contributed by atoms with Gasteiger partial charge in [-0.2, -0.15) is 16.8 Å². The van der Waals surface area contributed by atoms with Gasteiger partial charge in [-0.15, -0.1) is 0 Å². The summed E-state index contributed by atoms with van der Waals surface area (Å²) in [6, 6.07) is 3.98. The zero-order chi connectivity index (χ0) is 19.9. The smallest absolute Gasteiger partial charge is 0.295 e. The van der Waals surface area contributed by atoms with Crippen LogP contribution in [0.2, 0.25) is 10.0 Å². The van der Waals surface area contributed by atoms with Gasteiger partial charge in [0, 0.05) is 11.1 Å². The first kappa shape index (κ1) is 20.7. The van der Waals surface area contributed by atoms with Gasteiger partial charge in [-0.05, 0) is 24.3 Å². The highest BCUT2D eigenvalue weighted by atomic mass is 35.5. The molecule has 2 aromatic rings. The summed E-state index contributed by atoms with van der Waals surface area (Å²) < 4.78 is 76.0. The summed E-state index contributed by atoms with van der Waals surface area (Å²) in [5.41, 5.74) is -0.590. The van der Waals surface area contributed by atoms with Crippen molar-refractivity contribution in [1.29, 1.82) is 0 Å². The minimum Gasteiger partial charge on any atom is -0.495 e. The highest BCUT2D eigenvalue weighted by Crippen LogP contribution is 2.42. The number of halogens is 2. The second kappa shape index (κ2) is 7.22. The van der Waals surface area contributed by atoms with Gasteiger partial charge in [-0.3, -0.25) is 9.11 Å². The third kappa shape index (κ3) is 4.05. The van der Waals surface area contributed by atoms with Gasteiger partial charge in [0.15, 0.2) is 0 Å². The van der Waals surface area contributed by atoms with E-state index < -0.39 is 30.0 Å². The van der Waals surface area contributed by atoms with Gasteiger partial charge >= 0.3 is 0 Å². The molecule has 0 amide bonds. The van der Waals surface area contributed by atoms with E-state index in [0.717, 1.165) is 24.3 Å². The van der Waals surface area contributed by atoms with Gasteiger partial charge in [0.05, 0.1) is 24.3 Å². The van der Waals surface area contributed by atoms with Gasteiger partial charge < -0.3 is 9.47 Å². The predicted octanol–water partition coefficient (Wildman–Crippen LogP) is 3.17. The third-order valence-electron chi connectivity index (χ3n) is 3.35. The van der Waals surface area contributed by atoms with Crippen molar-refractivity contribution < 1.29 is 35.4 Å². The van der Waals surface area contributed by atoms with Crippen LogP contribution in [0.5, 0.6) is 11.5 Å². The molecule has 0 heterocycles. The van der Waals surface area contributed by atoms with Crippen molar-refractivity contribution in [3.63, 3.8) is 0 Å². The first-order valence-corrected chi connectivity index (χ1v) is 10.2. The molecule has 0 spiro atoms. The minimum absolute atomic E-state index is 0.00395. The number of hydrogen-bond donors (Lipinski definition) is 2. The second-order valence-corrected chi connectivity index (χ2v) is 8.51. The van der Waals surface area contributed by atoms with Gasteiger partial charge in [0.1, 0.15) is 21.3 Å². The summed E-state index contributed by atoms with van der Waals surface area (Å²) in [5.74, 6) is 0.00791. The lowest BCUT2D eigenvalue weighted by Crippen LogP contribution is -2.06. The monoisotopic (exact) mass is 442 g/mol. The fourth-order valence-corrected chi connectivity index (χ4v) is 4.27. The van der Waals surface area contributed by atoms with E-state index >= 15 is 0 Å². The molecule has 8 nitrogen and oxygen atoms in total. The summed E-state index contributed by atoms with van der Waals surface area (Å²) in [7, 11) is -7.11. The summed E-state index contributed by atoms with van der Waals surface area (Å²) in [5, 5.41) is -0.281. The maximum atomic E-state index is 11.7. The Labute approximate surface area is 159 Å². The Kier molecular flexibility index (Phi) is 5.76. The minimum atomic E-state index is -4.81. The molecule has 0 radical (unpaired) electrons. The van der Waals surface area contributed by atoms with Crippen LogP contribution < -0.4 is 9.47 Å². The lowest BCUT2D eigenvalue weighted by Gasteiger charge is -2.15. The third-order valence-corrected chi connectivity index (χ3v) is 5.73. The number of rotatable bonds is 5. The van der Waals surface area contributed by atoms with Crippen LogP contribution in [0.25, 0.3) is 11.1 Å². The van der Waals surface area contributed by atoms with E-state index in [0.29, 0.717) is 0 Å². The Morgan fingerprint density at radius 3 is 1.27 bits per heavy atom. The van der Waals surface area contributed by atoms with Crippen LogP contribution in [0, 0.1) is 0 Å². The highest BCUT2D eigenvalue weighted by Gasteiger charge is 2.26. The first-order valence-electron chi connectivity index (χ1n) is 6.60. The molecule has 26 heavy (non-hydrogen) atoms. The Morgan fingerprint density at radius 2 is 1.04 bits per heavy atom. The van der Waals surface area contributed by atoms with E-state index in [1.807, 2.05) is 0 Å². The van der Waals surface area contributed by atoms with Gasteiger partial charge in [0.25, 0.3) is 20.2 Å². The SMILES string of the molecule is COc1cc(-c2cc(OC)c(Cl)cc2S(=O)(=O)O)c(S(=O)(=O)O)cc1Cl. The lowest BCUT2D eigenvalue weighted by molar-refractivity contribution is 0.413. The number of hydrogen-bond acceptors (Lipinski definition) is 6. The molecule has 12 heteroatoms. The van der Waals surface area contributed by atoms with Crippen molar-refractivity contribution in [2.75, 3.05) is 14.2 Å². The molecule has 2 aromatic carbocycles. The molecule has 0 aromatic heterocycles. The molecular weight excluding hydrogens is 431 g/mol. The summed E-state index contributed by atoms with van der Waals surface area (Å²) in [6.45, 7) is 0. The van der Waals surface area contributed by atoms with Crippen LogP contribution in [0.4, 0.5) is 0 Å². The van der Waals surface area contributed by atoms with E-state index in [1.165, 1.54) is 14.2 Å². The van der Waals surface area contributed by atoms with Crippen LogP contribution in [-0.2, 0) is 20.2 Å². The zero-order valence-corrected chi connectivity index (χ0v) is 16.4. The fourth-order valence-electron chi connectivity index (χ4n) is 2.23. The van der Waals surface area contributed by atoms with Crippen molar-refractivity contribution in [2.24, 2.45) is 0 Å². The Morgan fingerprint density at radius 1 is 0.731 bits per heavy atom. The molecule has 0 atom stereocenters. The largest absolute Gasteiger partial charge is 0.495 e. The first-order chi connectivity index (χ1) is 11.9. The number of methoxy groups -OCH3 is 2. The Balaban J connectivity index is 3.04. The van der Waals surface area contributed by atoms with Crippen molar-refractivity contribution in [3.05, 3.63) is 34.3 Å².